The van der Waals surface area contributed by atoms with Crippen LogP contribution in [-0.4, -0.2) is 47.6 Å². The van der Waals surface area contributed by atoms with Gasteiger partial charge in [-0.15, -0.1) is 0 Å². The highest BCUT2D eigenvalue weighted by Crippen LogP contribution is 2.22. The Hall–Kier alpha value is -3.35. The first-order valence-electron chi connectivity index (χ1n) is 11.3. The minimum absolute atomic E-state index is 0.0579. The number of piperidine rings is 1. The number of hydrogen-bond donors (Lipinski definition) is 2. The third-order valence-corrected chi connectivity index (χ3v) is 6.13. The lowest BCUT2D eigenvalue weighted by molar-refractivity contribution is 0.0595. The van der Waals surface area contributed by atoms with Gasteiger partial charge in [0.25, 0.3) is 11.8 Å². The highest BCUT2D eigenvalue weighted by atomic mass is 35.5. The lowest BCUT2D eigenvalue weighted by atomic mass is 10.0. The smallest absolute Gasteiger partial charge is 0.253 e. The molecule has 0 aliphatic carbocycles. The molecule has 3 aromatic carbocycles. The average molecular weight is 479 g/mol. The van der Waals surface area contributed by atoms with Gasteiger partial charge in [-0.1, -0.05) is 41.9 Å². The van der Waals surface area contributed by atoms with Crippen LogP contribution in [0.25, 0.3) is 0 Å². The van der Waals surface area contributed by atoms with E-state index in [-0.39, 0.29) is 24.5 Å². The molecule has 1 aliphatic rings. The van der Waals surface area contributed by atoms with Gasteiger partial charge < -0.3 is 20.1 Å². The summed E-state index contributed by atoms with van der Waals surface area (Å²) >= 11 is 5.91. The molecule has 1 unspecified atom stereocenters. The molecule has 0 aromatic heterocycles. The number of nitrogens with zero attached hydrogens (tertiary/aromatic N) is 1. The molecule has 1 atom stereocenters. The molecule has 1 heterocycles. The zero-order chi connectivity index (χ0) is 23.9. The second kappa shape index (κ2) is 11.2. The van der Waals surface area contributed by atoms with Crippen LogP contribution >= 0.6 is 11.6 Å². The van der Waals surface area contributed by atoms with E-state index in [1.807, 2.05) is 47.4 Å². The summed E-state index contributed by atoms with van der Waals surface area (Å²) in [4.78, 5) is 27.1. The van der Waals surface area contributed by atoms with E-state index in [1.54, 1.807) is 36.4 Å². The minimum Gasteiger partial charge on any atom is -0.490 e. The Morgan fingerprint density at radius 3 is 2.21 bits per heavy atom. The monoisotopic (exact) mass is 478 g/mol. The van der Waals surface area contributed by atoms with Gasteiger partial charge in [-0.05, 0) is 54.1 Å². The van der Waals surface area contributed by atoms with Gasteiger partial charge >= 0.3 is 0 Å². The van der Waals surface area contributed by atoms with Crippen molar-refractivity contribution >= 4 is 23.4 Å². The first-order valence-corrected chi connectivity index (χ1v) is 11.7. The van der Waals surface area contributed by atoms with Crippen molar-refractivity contribution in [2.45, 2.75) is 25.0 Å². The predicted molar refractivity (Wildman–Crippen MR) is 131 cm³/mol. The molecule has 1 aliphatic heterocycles. The number of benzene rings is 3. The van der Waals surface area contributed by atoms with Crippen molar-refractivity contribution < 1.29 is 19.4 Å². The molecule has 4 rings (SSSR count). The number of amides is 2. The van der Waals surface area contributed by atoms with Gasteiger partial charge in [-0.2, -0.15) is 0 Å². The van der Waals surface area contributed by atoms with Crippen molar-refractivity contribution in [3.63, 3.8) is 0 Å². The van der Waals surface area contributed by atoms with E-state index >= 15 is 0 Å². The SMILES string of the molecule is O=C(NCC(O)c1ccccc1)c1ccc(C(=O)N2CCC(Oc3ccc(Cl)cc3)CC2)cc1. The van der Waals surface area contributed by atoms with Crippen LogP contribution in [0.4, 0.5) is 0 Å². The second-order valence-corrected chi connectivity index (χ2v) is 8.71. The molecule has 2 amide bonds. The molecular formula is C27H27ClN2O4. The normalized spacial score (nSPS) is 14.9. The zero-order valence-electron chi connectivity index (χ0n) is 18.7. The summed E-state index contributed by atoms with van der Waals surface area (Å²) in [5, 5.41) is 13.6. The first-order chi connectivity index (χ1) is 16.5. The molecule has 1 saturated heterocycles. The molecule has 176 valence electrons. The van der Waals surface area contributed by atoms with Gasteiger partial charge in [-0.25, -0.2) is 0 Å². The zero-order valence-corrected chi connectivity index (χ0v) is 19.4. The number of carbonyl (C=O) groups excluding carboxylic acids is 2. The maximum atomic E-state index is 12.9. The molecule has 3 aromatic rings. The van der Waals surface area contributed by atoms with Crippen LogP contribution in [0.15, 0.2) is 78.9 Å². The molecule has 1 fully saturated rings. The molecule has 6 nitrogen and oxygen atoms in total. The van der Waals surface area contributed by atoms with Crippen LogP contribution < -0.4 is 10.1 Å². The second-order valence-electron chi connectivity index (χ2n) is 8.28. The van der Waals surface area contributed by atoms with Crippen LogP contribution in [0.2, 0.25) is 5.02 Å². The fourth-order valence-electron chi connectivity index (χ4n) is 3.91. The van der Waals surface area contributed by atoms with Crippen LogP contribution in [0.3, 0.4) is 0 Å². The van der Waals surface area contributed by atoms with E-state index in [2.05, 4.69) is 5.32 Å². The van der Waals surface area contributed by atoms with E-state index in [1.165, 1.54) is 0 Å². The number of carbonyl (C=O) groups is 2. The van der Waals surface area contributed by atoms with Crippen molar-refractivity contribution in [3.05, 3.63) is 101 Å². The molecule has 0 bridgehead atoms. The summed E-state index contributed by atoms with van der Waals surface area (Å²) in [6.07, 6.45) is 0.775. The molecule has 0 spiro atoms. The molecular weight excluding hydrogens is 452 g/mol. The van der Waals surface area contributed by atoms with E-state index in [0.29, 0.717) is 29.2 Å². The molecule has 0 saturated carbocycles. The quantitative estimate of drug-likeness (QED) is 0.524. The van der Waals surface area contributed by atoms with Crippen LogP contribution in [0.1, 0.15) is 45.2 Å². The standard InChI is InChI=1S/C27H27ClN2O4/c28-22-10-12-23(13-11-22)34-24-14-16-30(17-15-24)27(33)21-8-6-20(7-9-21)26(32)29-18-25(31)19-4-2-1-3-5-19/h1-13,24-25,31H,14-18H2,(H,29,32). The fourth-order valence-corrected chi connectivity index (χ4v) is 4.04. The van der Waals surface area contributed by atoms with Gasteiger partial charge in [0.2, 0.25) is 0 Å². The summed E-state index contributed by atoms with van der Waals surface area (Å²) in [5.41, 5.74) is 1.72. The van der Waals surface area contributed by atoms with Gasteiger partial charge in [0.05, 0.1) is 6.10 Å². The van der Waals surface area contributed by atoms with Crippen LogP contribution in [0.5, 0.6) is 5.75 Å². The Labute approximate surface area is 204 Å². The van der Waals surface area contributed by atoms with E-state index < -0.39 is 6.10 Å². The fraction of sp³-hybridized carbons (Fsp3) is 0.259. The molecule has 34 heavy (non-hydrogen) atoms. The van der Waals surface area contributed by atoms with Gasteiger partial charge in [0.15, 0.2) is 0 Å². The van der Waals surface area contributed by atoms with Gasteiger partial charge in [0.1, 0.15) is 11.9 Å². The maximum Gasteiger partial charge on any atom is 0.253 e. The first kappa shape index (κ1) is 23.8. The topological polar surface area (TPSA) is 78.9 Å². The number of rotatable bonds is 7. The predicted octanol–water partition coefficient (Wildman–Crippen LogP) is 4.49. The van der Waals surface area contributed by atoms with Crippen molar-refractivity contribution in [1.82, 2.24) is 10.2 Å². The largest absolute Gasteiger partial charge is 0.490 e. The Morgan fingerprint density at radius 2 is 1.56 bits per heavy atom. The average Bonchev–Trinajstić information content (AvgIpc) is 2.89. The van der Waals surface area contributed by atoms with Crippen molar-refractivity contribution in [2.75, 3.05) is 19.6 Å². The van der Waals surface area contributed by atoms with Crippen LogP contribution in [-0.2, 0) is 0 Å². The Bertz CT molecular complexity index is 1100. The van der Waals surface area contributed by atoms with Crippen molar-refractivity contribution in [1.29, 1.82) is 0 Å². The van der Waals surface area contributed by atoms with E-state index in [4.69, 9.17) is 16.3 Å². The summed E-state index contributed by atoms with van der Waals surface area (Å²) in [7, 11) is 0. The number of likely N-dealkylation sites (tertiary alicyclic amines) is 1. The van der Waals surface area contributed by atoms with Gasteiger partial charge in [-0.3, -0.25) is 9.59 Å². The number of aliphatic hydroxyl groups is 1. The Balaban J connectivity index is 1.26. The number of ether oxygens (including phenoxy) is 1. The van der Waals surface area contributed by atoms with E-state index in [0.717, 1.165) is 24.2 Å². The maximum absolute atomic E-state index is 12.9. The summed E-state index contributed by atoms with van der Waals surface area (Å²) in [6, 6.07) is 23.1. The molecule has 0 radical (unpaired) electrons. The molecule has 2 N–H and O–H groups in total. The summed E-state index contributed by atoms with van der Waals surface area (Å²) in [5.74, 6) is 0.421. The van der Waals surface area contributed by atoms with E-state index in [9.17, 15) is 14.7 Å². The summed E-state index contributed by atoms with van der Waals surface area (Å²) in [6.45, 7) is 1.32. The lowest BCUT2D eigenvalue weighted by Gasteiger charge is -2.32. The van der Waals surface area contributed by atoms with Crippen LogP contribution in [0, 0.1) is 0 Å². The number of aliphatic hydroxyl groups excluding tert-OH is 1. The number of hydrogen-bond acceptors (Lipinski definition) is 4. The van der Waals surface area contributed by atoms with Crippen molar-refractivity contribution in [3.8, 4) is 5.75 Å². The highest BCUT2D eigenvalue weighted by molar-refractivity contribution is 6.30. The summed E-state index contributed by atoms with van der Waals surface area (Å²) < 4.78 is 6.00. The highest BCUT2D eigenvalue weighted by Gasteiger charge is 2.25. The molecule has 7 heteroatoms. The third kappa shape index (κ3) is 6.16. The Kier molecular flexibility index (Phi) is 7.83. The Morgan fingerprint density at radius 1 is 0.941 bits per heavy atom. The number of nitrogens with one attached hydrogen (secondary N) is 1. The lowest BCUT2D eigenvalue weighted by Crippen LogP contribution is -2.41. The van der Waals surface area contributed by atoms with Crippen molar-refractivity contribution in [2.24, 2.45) is 0 Å². The minimum atomic E-state index is -0.780. The van der Waals surface area contributed by atoms with Gasteiger partial charge in [0, 0.05) is 48.6 Å². The number of halogens is 1. The third-order valence-electron chi connectivity index (χ3n) is 5.88.